The first-order valence-corrected chi connectivity index (χ1v) is 11.3. The summed E-state index contributed by atoms with van der Waals surface area (Å²) in [4.78, 5) is 20.0. The van der Waals surface area contributed by atoms with Crippen LogP contribution in [0, 0.1) is 0 Å². The Bertz CT molecular complexity index is 976. The minimum absolute atomic E-state index is 0.133. The molecule has 0 aliphatic carbocycles. The average Bonchev–Trinajstić information content (AvgIpc) is 3.13. The van der Waals surface area contributed by atoms with Crippen molar-refractivity contribution in [3.8, 4) is 5.75 Å². The molecule has 2 saturated heterocycles. The molecule has 0 atom stereocenters. The van der Waals surface area contributed by atoms with E-state index in [-0.39, 0.29) is 5.91 Å². The van der Waals surface area contributed by atoms with E-state index in [0.29, 0.717) is 10.1 Å². The van der Waals surface area contributed by atoms with Gasteiger partial charge in [0, 0.05) is 30.4 Å². The van der Waals surface area contributed by atoms with Crippen molar-refractivity contribution in [1.29, 1.82) is 0 Å². The number of carbonyl (C=O) groups excluding carboxylic acids is 1. The molecule has 2 aromatic carbocycles. The molecule has 2 aliphatic rings. The summed E-state index contributed by atoms with van der Waals surface area (Å²) in [5, 5.41) is 3.46. The van der Waals surface area contributed by atoms with Crippen LogP contribution in [0.5, 0.6) is 5.75 Å². The number of amidine groups is 1. The quantitative estimate of drug-likeness (QED) is 0.679. The number of ether oxygens (including phenoxy) is 1. The molecular formula is C24H27N3O2S. The van der Waals surface area contributed by atoms with Crippen LogP contribution in [0.4, 0.5) is 11.4 Å². The number of carbonyl (C=O) groups is 1. The van der Waals surface area contributed by atoms with E-state index in [1.54, 1.807) is 7.11 Å². The summed E-state index contributed by atoms with van der Waals surface area (Å²) < 4.78 is 5.62. The second-order valence-corrected chi connectivity index (χ2v) is 8.51. The molecule has 0 bridgehead atoms. The van der Waals surface area contributed by atoms with E-state index < -0.39 is 0 Å². The van der Waals surface area contributed by atoms with Gasteiger partial charge in [-0.15, -0.1) is 0 Å². The lowest BCUT2D eigenvalue weighted by atomic mass is 10.1. The third-order valence-corrected chi connectivity index (χ3v) is 6.36. The number of methoxy groups -OCH3 is 1. The van der Waals surface area contributed by atoms with E-state index in [4.69, 9.17) is 4.74 Å². The maximum atomic E-state index is 12.5. The fourth-order valence-corrected chi connectivity index (χ4v) is 4.55. The lowest BCUT2D eigenvalue weighted by molar-refractivity contribution is -0.115. The molecular weight excluding hydrogens is 394 g/mol. The molecule has 0 unspecified atom stereocenters. The first kappa shape index (κ1) is 20.5. The molecule has 30 heavy (non-hydrogen) atoms. The zero-order valence-corrected chi connectivity index (χ0v) is 18.3. The van der Waals surface area contributed by atoms with Crippen LogP contribution in [-0.4, -0.2) is 31.3 Å². The molecule has 2 heterocycles. The number of nitrogens with one attached hydrogen (secondary N) is 1. The Morgan fingerprint density at radius 3 is 2.60 bits per heavy atom. The van der Waals surface area contributed by atoms with Gasteiger partial charge in [-0.1, -0.05) is 19.1 Å². The Hall–Kier alpha value is -2.73. The van der Waals surface area contributed by atoms with Crippen molar-refractivity contribution in [1.82, 2.24) is 5.32 Å². The summed E-state index contributed by atoms with van der Waals surface area (Å²) in [5.41, 5.74) is 4.17. The van der Waals surface area contributed by atoms with Crippen molar-refractivity contribution in [3.63, 3.8) is 0 Å². The van der Waals surface area contributed by atoms with E-state index in [9.17, 15) is 4.79 Å². The normalized spacial score (nSPS) is 19.4. The van der Waals surface area contributed by atoms with Crippen LogP contribution in [0.15, 0.2) is 52.4 Å². The maximum Gasteiger partial charge on any atom is 0.264 e. The first-order valence-electron chi connectivity index (χ1n) is 10.5. The number of hydrogen-bond donors (Lipinski definition) is 1. The molecule has 5 nitrogen and oxygen atoms in total. The Morgan fingerprint density at radius 1 is 1.13 bits per heavy atom. The largest absolute Gasteiger partial charge is 0.496 e. The minimum Gasteiger partial charge on any atom is -0.496 e. The Morgan fingerprint density at radius 2 is 1.90 bits per heavy atom. The number of rotatable bonds is 5. The lowest BCUT2D eigenvalue weighted by Gasteiger charge is -2.29. The van der Waals surface area contributed by atoms with Crippen LogP contribution in [-0.2, 0) is 11.2 Å². The van der Waals surface area contributed by atoms with Crippen LogP contribution in [0.3, 0.4) is 0 Å². The van der Waals surface area contributed by atoms with Crippen LogP contribution >= 0.6 is 11.8 Å². The van der Waals surface area contributed by atoms with Gasteiger partial charge >= 0.3 is 0 Å². The Labute approximate surface area is 182 Å². The molecule has 6 heteroatoms. The van der Waals surface area contributed by atoms with E-state index in [1.807, 2.05) is 24.3 Å². The molecule has 1 amide bonds. The van der Waals surface area contributed by atoms with Gasteiger partial charge in [-0.3, -0.25) is 4.79 Å². The van der Waals surface area contributed by atoms with Crippen molar-refractivity contribution in [3.05, 3.63) is 58.5 Å². The molecule has 0 aromatic heterocycles. The van der Waals surface area contributed by atoms with Gasteiger partial charge in [-0.2, -0.15) is 0 Å². The monoisotopic (exact) mass is 421 g/mol. The van der Waals surface area contributed by atoms with Gasteiger partial charge in [0.2, 0.25) is 0 Å². The first-order chi connectivity index (χ1) is 14.7. The molecule has 0 radical (unpaired) electrons. The SMILES string of the molecule is CCc1ccc(N=C2NC(=O)/C(=C/c3ccc(N4CCCCC4)cc3OC)S2)cc1. The van der Waals surface area contributed by atoms with Crippen molar-refractivity contribution in [2.75, 3.05) is 25.1 Å². The van der Waals surface area contributed by atoms with Gasteiger partial charge in [-0.25, -0.2) is 4.99 Å². The van der Waals surface area contributed by atoms with Gasteiger partial charge < -0.3 is 15.0 Å². The fourth-order valence-electron chi connectivity index (χ4n) is 3.71. The number of aliphatic imine (C=N–C) groups is 1. The van der Waals surface area contributed by atoms with Crippen molar-refractivity contribution < 1.29 is 9.53 Å². The maximum absolute atomic E-state index is 12.5. The number of anilines is 1. The summed E-state index contributed by atoms with van der Waals surface area (Å²) in [6, 6.07) is 14.3. The summed E-state index contributed by atoms with van der Waals surface area (Å²) >= 11 is 1.35. The highest BCUT2D eigenvalue weighted by molar-refractivity contribution is 8.18. The Kier molecular flexibility index (Phi) is 6.43. The molecule has 2 fully saturated rings. The molecule has 0 saturated carbocycles. The Balaban J connectivity index is 1.53. The van der Waals surface area contributed by atoms with Crippen molar-refractivity contribution >= 4 is 40.3 Å². The topological polar surface area (TPSA) is 53.9 Å². The number of hydrogen-bond acceptors (Lipinski definition) is 5. The molecule has 1 N–H and O–H groups in total. The predicted octanol–water partition coefficient (Wildman–Crippen LogP) is 5.14. The van der Waals surface area contributed by atoms with Gasteiger partial charge in [0.1, 0.15) is 5.75 Å². The molecule has 0 spiro atoms. The number of piperidine rings is 1. The van der Waals surface area contributed by atoms with Gasteiger partial charge in [0.15, 0.2) is 5.17 Å². The standard InChI is InChI=1S/C24H27N3O2S/c1-3-17-7-10-19(11-8-17)25-24-26-23(28)22(30-24)15-18-9-12-20(16-21(18)29-2)27-13-5-4-6-14-27/h7-12,15-16H,3-6,13-14H2,1-2H3,(H,25,26,28)/b22-15-. The van der Waals surface area contributed by atoms with Crippen LogP contribution < -0.4 is 15.0 Å². The molecule has 2 aromatic rings. The second-order valence-electron chi connectivity index (χ2n) is 7.48. The molecule has 4 rings (SSSR count). The summed E-state index contributed by atoms with van der Waals surface area (Å²) in [5.74, 6) is 0.644. The van der Waals surface area contributed by atoms with E-state index in [1.165, 1.54) is 42.3 Å². The van der Waals surface area contributed by atoms with Gasteiger partial charge in [0.05, 0.1) is 17.7 Å². The average molecular weight is 422 g/mol. The predicted molar refractivity (Wildman–Crippen MR) is 126 cm³/mol. The lowest BCUT2D eigenvalue weighted by Crippen LogP contribution is -2.29. The summed E-state index contributed by atoms with van der Waals surface area (Å²) in [6.07, 6.45) is 6.63. The number of amides is 1. The summed E-state index contributed by atoms with van der Waals surface area (Å²) in [7, 11) is 1.67. The smallest absolute Gasteiger partial charge is 0.264 e. The van der Waals surface area contributed by atoms with Crippen LogP contribution in [0.25, 0.3) is 6.08 Å². The highest BCUT2D eigenvalue weighted by Gasteiger charge is 2.24. The number of benzene rings is 2. The zero-order chi connectivity index (χ0) is 20.9. The van der Waals surface area contributed by atoms with Crippen molar-refractivity contribution in [2.24, 2.45) is 4.99 Å². The van der Waals surface area contributed by atoms with E-state index >= 15 is 0 Å². The molecule has 156 valence electrons. The fraction of sp³-hybridized carbons (Fsp3) is 0.333. The second kappa shape index (κ2) is 9.39. The van der Waals surface area contributed by atoms with E-state index in [0.717, 1.165) is 36.5 Å². The number of thioether (sulfide) groups is 1. The third kappa shape index (κ3) is 4.70. The number of nitrogens with zero attached hydrogens (tertiary/aromatic N) is 2. The third-order valence-electron chi connectivity index (χ3n) is 5.45. The highest BCUT2D eigenvalue weighted by atomic mass is 32.2. The highest BCUT2D eigenvalue weighted by Crippen LogP contribution is 2.33. The minimum atomic E-state index is -0.133. The van der Waals surface area contributed by atoms with Crippen molar-refractivity contribution in [2.45, 2.75) is 32.6 Å². The van der Waals surface area contributed by atoms with Gasteiger partial charge in [-0.05, 0) is 73.4 Å². The van der Waals surface area contributed by atoms with Gasteiger partial charge in [0.25, 0.3) is 5.91 Å². The summed E-state index contributed by atoms with van der Waals surface area (Å²) in [6.45, 7) is 4.29. The van der Waals surface area contributed by atoms with E-state index in [2.05, 4.69) is 46.4 Å². The number of aryl methyl sites for hydroxylation is 1. The molecule has 2 aliphatic heterocycles. The van der Waals surface area contributed by atoms with Crippen LogP contribution in [0.2, 0.25) is 0 Å². The van der Waals surface area contributed by atoms with Crippen LogP contribution in [0.1, 0.15) is 37.3 Å². The zero-order valence-electron chi connectivity index (χ0n) is 17.5.